The standard InChI is InChI=1S/C20H15FN6O2/c21-15-1-2-16-18-12(7-28-16)8-29-17-3-13(11-4-22-9-23-5-11)19-26-25-10-27(19)20(17)24-6-14(15)18/h1-5,9-10,12,24H,6-8H2/t12-/m1/s1. The first kappa shape index (κ1) is 16.2. The first-order chi connectivity index (χ1) is 14.3. The fraction of sp³-hybridized carbons (Fsp3) is 0.200. The fourth-order valence-corrected chi connectivity index (χ4v) is 4.04. The van der Waals surface area contributed by atoms with Gasteiger partial charge < -0.3 is 14.8 Å². The van der Waals surface area contributed by atoms with Crippen molar-refractivity contribution in [2.75, 3.05) is 18.5 Å². The summed E-state index contributed by atoms with van der Waals surface area (Å²) in [6.07, 6.45) is 6.52. The van der Waals surface area contributed by atoms with Crippen LogP contribution >= 0.6 is 0 Å². The quantitative estimate of drug-likeness (QED) is 0.535. The van der Waals surface area contributed by atoms with E-state index >= 15 is 0 Å². The number of rotatable bonds is 1. The minimum Gasteiger partial charge on any atom is -0.493 e. The van der Waals surface area contributed by atoms with E-state index in [4.69, 9.17) is 9.47 Å². The molecule has 29 heavy (non-hydrogen) atoms. The zero-order valence-electron chi connectivity index (χ0n) is 15.2. The van der Waals surface area contributed by atoms with Gasteiger partial charge >= 0.3 is 0 Å². The second-order valence-corrected chi connectivity index (χ2v) is 7.03. The van der Waals surface area contributed by atoms with Gasteiger partial charge in [-0.2, -0.15) is 0 Å². The van der Waals surface area contributed by atoms with Crippen LogP contribution in [-0.4, -0.2) is 37.8 Å². The van der Waals surface area contributed by atoms with Crippen molar-refractivity contribution in [3.63, 3.8) is 0 Å². The Morgan fingerprint density at radius 2 is 1.93 bits per heavy atom. The molecule has 6 rings (SSSR count). The number of nitrogens with zero attached hydrogens (tertiary/aromatic N) is 5. The molecule has 5 heterocycles. The second-order valence-electron chi connectivity index (χ2n) is 7.03. The van der Waals surface area contributed by atoms with Crippen LogP contribution in [0.3, 0.4) is 0 Å². The van der Waals surface area contributed by atoms with Gasteiger partial charge in [-0.1, -0.05) is 0 Å². The van der Waals surface area contributed by atoms with E-state index in [0.29, 0.717) is 42.5 Å². The van der Waals surface area contributed by atoms with Crippen LogP contribution in [0, 0.1) is 5.82 Å². The number of aromatic nitrogens is 5. The van der Waals surface area contributed by atoms with Crippen LogP contribution in [0.5, 0.6) is 11.5 Å². The van der Waals surface area contributed by atoms with E-state index in [2.05, 4.69) is 25.5 Å². The summed E-state index contributed by atoms with van der Waals surface area (Å²) < 4.78 is 28.4. The van der Waals surface area contributed by atoms with Crippen LogP contribution in [0.2, 0.25) is 0 Å². The number of halogens is 1. The van der Waals surface area contributed by atoms with Gasteiger partial charge in [-0.05, 0) is 18.2 Å². The van der Waals surface area contributed by atoms with Gasteiger partial charge in [-0.3, -0.25) is 4.40 Å². The Bertz CT molecular complexity index is 1240. The topological polar surface area (TPSA) is 86.5 Å². The fourth-order valence-electron chi connectivity index (χ4n) is 4.04. The Kier molecular flexibility index (Phi) is 3.43. The molecule has 0 spiro atoms. The SMILES string of the molecule is Fc1ccc2c3c1CNc1c(cc(-c4cncnc4)c4nncn14)OC[C@H]3CO2. The second kappa shape index (κ2) is 6.13. The van der Waals surface area contributed by atoms with Crippen molar-refractivity contribution < 1.29 is 13.9 Å². The summed E-state index contributed by atoms with van der Waals surface area (Å²) >= 11 is 0. The summed E-state index contributed by atoms with van der Waals surface area (Å²) in [5.74, 6) is 1.72. The van der Waals surface area contributed by atoms with Crippen LogP contribution in [0.4, 0.5) is 10.2 Å². The van der Waals surface area contributed by atoms with Crippen molar-refractivity contribution in [1.29, 1.82) is 0 Å². The number of hydrogen-bond donors (Lipinski definition) is 1. The first-order valence-corrected chi connectivity index (χ1v) is 9.22. The number of fused-ring (bicyclic) bond motifs is 3. The molecule has 0 fully saturated rings. The van der Waals surface area contributed by atoms with E-state index in [0.717, 1.165) is 22.4 Å². The van der Waals surface area contributed by atoms with E-state index in [1.165, 1.54) is 12.4 Å². The highest BCUT2D eigenvalue weighted by Gasteiger charge is 2.31. The molecule has 1 N–H and O–H groups in total. The van der Waals surface area contributed by atoms with Crippen LogP contribution in [0.25, 0.3) is 16.8 Å². The molecule has 0 aliphatic carbocycles. The van der Waals surface area contributed by atoms with Crippen molar-refractivity contribution in [2.45, 2.75) is 12.5 Å². The monoisotopic (exact) mass is 390 g/mol. The van der Waals surface area contributed by atoms with Crippen LogP contribution in [-0.2, 0) is 6.54 Å². The number of ether oxygens (including phenoxy) is 2. The van der Waals surface area contributed by atoms with Crippen molar-refractivity contribution in [3.8, 4) is 22.6 Å². The van der Waals surface area contributed by atoms with Crippen molar-refractivity contribution >= 4 is 11.5 Å². The van der Waals surface area contributed by atoms with Crippen molar-refractivity contribution in [3.05, 3.63) is 60.2 Å². The van der Waals surface area contributed by atoms with E-state index in [-0.39, 0.29) is 11.7 Å². The lowest BCUT2D eigenvalue weighted by Crippen LogP contribution is -2.13. The molecule has 0 saturated carbocycles. The third-order valence-corrected chi connectivity index (χ3v) is 5.39. The summed E-state index contributed by atoms with van der Waals surface area (Å²) in [4.78, 5) is 8.20. The van der Waals surface area contributed by atoms with Gasteiger partial charge in [-0.25, -0.2) is 14.4 Å². The molecule has 2 aliphatic rings. The number of benzene rings is 1. The number of anilines is 1. The maximum absolute atomic E-state index is 14.6. The minimum absolute atomic E-state index is 0.0384. The van der Waals surface area contributed by atoms with Crippen molar-refractivity contribution in [1.82, 2.24) is 24.6 Å². The molecule has 9 heteroatoms. The largest absolute Gasteiger partial charge is 0.493 e. The van der Waals surface area contributed by atoms with Gasteiger partial charge in [0, 0.05) is 41.2 Å². The maximum Gasteiger partial charge on any atom is 0.170 e. The molecule has 4 aromatic rings. The Hall–Kier alpha value is -3.75. The Labute approximate surface area is 164 Å². The smallest absolute Gasteiger partial charge is 0.170 e. The predicted molar refractivity (Wildman–Crippen MR) is 101 cm³/mol. The Morgan fingerprint density at radius 3 is 2.79 bits per heavy atom. The summed E-state index contributed by atoms with van der Waals surface area (Å²) in [5, 5.41) is 11.6. The molecule has 2 aliphatic heterocycles. The lowest BCUT2D eigenvalue weighted by molar-refractivity contribution is 0.249. The summed E-state index contributed by atoms with van der Waals surface area (Å²) in [6, 6.07) is 5.03. The van der Waals surface area contributed by atoms with E-state index in [9.17, 15) is 4.39 Å². The average Bonchev–Trinajstić information content (AvgIpc) is 3.40. The van der Waals surface area contributed by atoms with Crippen LogP contribution < -0.4 is 14.8 Å². The third-order valence-electron chi connectivity index (χ3n) is 5.39. The molecular formula is C20H15FN6O2. The van der Waals surface area contributed by atoms with E-state index < -0.39 is 0 Å². The highest BCUT2D eigenvalue weighted by molar-refractivity contribution is 5.81. The molecule has 0 unspecified atom stereocenters. The zero-order chi connectivity index (χ0) is 19.4. The molecule has 0 bridgehead atoms. The predicted octanol–water partition coefficient (Wildman–Crippen LogP) is 2.81. The van der Waals surface area contributed by atoms with Crippen LogP contribution in [0.1, 0.15) is 17.0 Å². The first-order valence-electron chi connectivity index (χ1n) is 9.22. The molecule has 1 aromatic carbocycles. The summed E-state index contributed by atoms with van der Waals surface area (Å²) in [7, 11) is 0. The highest BCUT2D eigenvalue weighted by Crippen LogP contribution is 2.41. The van der Waals surface area contributed by atoms with Gasteiger partial charge in [0.05, 0.1) is 19.1 Å². The minimum atomic E-state index is -0.256. The molecule has 8 nitrogen and oxygen atoms in total. The molecule has 0 amide bonds. The molecule has 3 aromatic heterocycles. The lowest BCUT2D eigenvalue weighted by Gasteiger charge is -2.16. The molecule has 144 valence electrons. The van der Waals surface area contributed by atoms with Gasteiger partial charge in [0.1, 0.15) is 24.2 Å². The van der Waals surface area contributed by atoms with E-state index in [1.54, 1.807) is 24.8 Å². The molecule has 0 radical (unpaired) electrons. The van der Waals surface area contributed by atoms with E-state index in [1.807, 2.05) is 10.5 Å². The van der Waals surface area contributed by atoms with Gasteiger partial charge in [-0.15, -0.1) is 10.2 Å². The van der Waals surface area contributed by atoms with Gasteiger partial charge in [0.2, 0.25) is 0 Å². The normalized spacial score (nSPS) is 17.2. The Morgan fingerprint density at radius 1 is 1.10 bits per heavy atom. The number of hydrogen-bond acceptors (Lipinski definition) is 7. The lowest BCUT2D eigenvalue weighted by atomic mass is 9.96. The zero-order valence-corrected chi connectivity index (χ0v) is 15.2. The number of pyridine rings is 1. The Balaban J connectivity index is 1.53. The van der Waals surface area contributed by atoms with Gasteiger partial charge in [0.25, 0.3) is 0 Å². The number of nitrogens with one attached hydrogen (secondary N) is 1. The molecule has 1 atom stereocenters. The summed E-state index contributed by atoms with van der Waals surface area (Å²) in [6.45, 7) is 1.14. The third kappa shape index (κ3) is 2.43. The molecular weight excluding hydrogens is 375 g/mol. The maximum atomic E-state index is 14.6. The molecule has 0 saturated heterocycles. The van der Waals surface area contributed by atoms with Gasteiger partial charge in [0.15, 0.2) is 17.2 Å². The van der Waals surface area contributed by atoms with Crippen molar-refractivity contribution in [2.24, 2.45) is 0 Å². The highest BCUT2D eigenvalue weighted by atomic mass is 19.1. The average molecular weight is 390 g/mol. The summed E-state index contributed by atoms with van der Waals surface area (Å²) in [5.41, 5.74) is 3.72. The van der Waals surface area contributed by atoms with Crippen LogP contribution in [0.15, 0.2) is 43.2 Å².